The van der Waals surface area contributed by atoms with Gasteiger partial charge in [-0.05, 0) is 46.9 Å². The number of carboxylic acids is 1. The Morgan fingerprint density at radius 1 is 1.13 bits per heavy atom. The normalized spacial score (nSPS) is 18.2. The summed E-state index contributed by atoms with van der Waals surface area (Å²) in [7, 11) is 0. The number of hydrogen-bond donors (Lipinski definition) is 1. The van der Waals surface area contributed by atoms with Crippen LogP contribution in [0.1, 0.15) is 21.5 Å². The number of benzene rings is 2. The maximum atomic E-state index is 11.3. The molecule has 30 heavy (non-hydrogen) atoms. The van der Waals surface area contributed by atoms with E-state index in [1.807, 2.05) is 12.1 Å². The Kier molecular flexibility index (Phi) is 4.93. The van der Waals surface area contributed by atoms with E-state index in [1.54, 1.807) is 6.07 Å². The zero-order chi connectivity index (χ0) is 20.7. The monoisotopic (exact) mass is 419 g/mol. The third-order valence-corrected chi connectivity index (χ3v) is 6.30. The Morgan fingerprint density at radius 3 is 2.73 bits per heavy atom. The largest absolute Gasteiger partial charge is 0.478 e. The highest BCUT2D eigenvalue weighted by atomic mass is 35.5. The number of halogens is 1. The molecule has 0 spiro atoms. The van der Waals surface area contributed by atoms with E-state index in [4.69, 9.17) is 11.6 Å². The Morgan fingerprint density at radius 2 is 1.93 bits per heavy atom. The molecule has 6 heteroatoms. The average Bonchev–Trinajstić information content (AvgIpc) is 3.11. The van der Waals surface area contributed by atoms with Gasteiger partial charge in [-0.25, -0.2) is 9.78 Å². The molecule has 2 aliphatic rings. The molecule has 1 aromatic heterocycles. The molecule has 152 valence electrons. The highest BCUT2D eigenvalue weighted by molar-refractivity contribution is 6.30. The molecule has 0 amide bonds. The van der Waals surface area contributed by atoms with E-state index < -0.39 is 5.97 Å². The molecule has 3 aromatic rings. The van der Waals surface area contributed by atoms with Gasteiger partial charge >= 0.3 is 5.97 Å². The topological polar surface area (TPSA) is 56.7 Å². The summed E-state index contributed by atoms with van der Waals surface area (Å²) < 4.78 is 0. The van der Waals surface area contributed by atoms with Crippen LogP contribution >= 0.6 is 11.6 Å². The lowest BCUT2D eigenvalue weighted by Crippen LogP contribution is -2.51. The minimum Gasteiger partial charge on any atom is -0.478 e. The lowest BCUT2D eigenvalue weighted by molar-refractivity contribution is 0.0696. The first-order valence-corrected chi connectivity index (χ1v) is 10.5. The van der Waals surface area contributed by atoms with E-state index in [-0.39, 0.29) is 5.56 Å². The van der Waals surface area contributed by atoms with Crippen LogP contribution in [0.4, 0.5) is 5.82 Å². The Hall–Kier alpha value is -2.89. The van der Waals surface area contributed by atoms with Crippen LogP contribution in [-0.4, -0.2) is 46.6 Å². The van der Waals surface area contributed by atoms with E-state index in [2.05, 4.69) is 51.2 Å². The Bertz CT molecular complexity index is 1100. The number of hydrogen-bond acceptors (Lipinski definition) is 4. The van der Waals surface area contributed by atoms with Gasteiger partial charge in [0.25, 0.3) is 0 Å². The van der Waals surface area contributed by atoms with Crippen LogP contribution in [0.2, 0.25) is 5.02 Å². The van der Waals surface area contributed by atoms with E-state index in [0.29, 0.717) is 6.04 Å². The number of nitrogens with zero attached hydrogens (tertiary/aromatic N) is 3. The number of carboxylic acid groups (broad SMARTS) is 1. The van der Waals surface area contributed by atoms with Crippen molar-refractivity contribution in [2.24, 2.45) is 0 Å². The van der Waals surface area contributed by atoms with Crippen LogP contribution in [0.15, 0.2) is 60.8 Å². The molecule has 5 rings (SSSR count). The summed E-state index contributed by atoms with van der Waals surface area (Å²) in [5.41, 5.74) is 5.02. The van der Waals surface area contributed by atoms with Crippen LogP contribution in [0.3, 0.4) is 0 Å². The van der Waals surface area contributed by atoms with E-state index in [0.717, 1.165) is 49.0 Å². The number of pyridine rings is 1. The van der Waals surface area contributed by atoms with Gasteiger partial charge in [0.05, 0.1) is 5.56 Å². The number of carbonyl (C=O) groups is 1. The summed E-state index contributed by atoms with van der Waals surface area (Å²) in [6.45, 7) is 3.68. The molecular formula is C24H22ClN3O2. The van der Waals surface area contributed by atoms with E-state index >= 15 is 0 Å². The summed E-state index contributed by atoms with van der Waals surface area (Å²) in [5.74, 6) is 0.0295. The molecule has 0 radical (unpaired) electrons. The second kappa shape index (κ2) is 7.74. The summed E-state index contributed by atoms with van der Waals surface area (Å²) in [4.78, 5) is 20.5. The summed E-state index contributed by atoms with van der Waals surface area (Å²) >= 11 is 6.06. The Balaban J connectivity index is 1.33. The SMILES string of the molecule is O=C(O)c1cnc2c(c1)CC1CN(Cc3ccccc3-c3ccc(Cl)cc3)CCN21. The van der Waals surface area contributed by atoms with Gasteiger partial charge in [0.15, 0.2) is 0 Å². The van der Waals surface area contributed by atoms with Crippen molar-refractivity contribution in [2.75, 3.05) is 24.5 Å². The fraction of sp³-hybridized carbons (Fsp3) is 0.250. The predicted molar refractivity (Wildman–Crippen MR) is 118 cm³/mol. The molecule has 1 fully saturated rings. The van der Waals surface area contributed by atoms with Gasteiger partial charge in [0.2, 0.25) is 0 Å². The molecule has 0 saturated carbocycles. The van der Waals surface area contributed by atoms with Gasteiger partial charge in [-0.15, -0.1) is 0 Å². The number of rotatable bonds is 4. The quantitative estimate of drug-likeness (QED) is 0.681. The maximum absolute atomic E-state index is 11.3. The van der Waals surface area contributed by atoms with Crippen molar-refractivity contribution >= 4 is 23.4 Å². The molecule has 5 nitrogen and oxygen atoms in total. The second-order valence-corrected chi connectivity index (χ2v) is 8.40. The third-order valence-electron chi connectivity index (χ3n) is 6.05. The molecule has 0 aliphatic carbocycles. The average molecular weight is 420 g/mol. The van der Waals surface area contributed by atoms with Crippen molar-refractivity contribution < 1.29 is 9.90 Å². The highest BCUT2D eigenvalue weighted by Gasteiger charge is 2.35. The number of fused-ring (bicyclic) bond motifs is 3. The lowest BCUT2D eigenvalue weighted by atomic mass is 9.99. The molecule has 1 unspecified atom stereocenters. The predicted octanol–water partition coefficient (Wildman–Crippen LogP) is 4.35. The van der Waals surface area contributed by atoms with Crippen molar-refractivity contribution in [3.05, 3.63) is 82.5 Å². The first-order valence-electron chi connectivity index (χ1n) is 10.1. The van der Waals surface area contributed by atoms with Crippen LogP contribution in [0, 0.1) is 0 Å². The maximum Gasteiger partial charge on any atom is 0.337 e. The van der Waals surface area contributed by atoms with Crippen molar-refractivity contribution in [3.8, 4) is 11.1 Å². The number of anilines is 1. The molecule has 1 atom stereocenters. The van der Waals surface area contributed by atoms with Gasteiger partial charge < -0.3 is 10.0 Å². The number of piperazine rings is 1. The van der Waals surface area contributed by atoms with Gasteiger partial charge in [0.1, 0.15) is 5.82 Å². The Labute approximate surface area is 180 Å². The van der Waals surface area contributed by atoms with Gasteiger partial charge in [-0.3, -0.25) is 4.90 Å². The zero-order valence-electron chi connectivity index (χ0n) is 16.5. The second-order valence-electron chi connectivity index (χ2n) is 7.96. The molecule has 1 saturated heterocycles. The smallest absolute Gasteiger partial charge is 0.337 e. The van der Waals surface area contributed by atoms with Crippen LogP contribution < -0.4 is 4.90 Å². The summed E-state index contributed by atoms with van der Waals surface area (Å²) in [6, 6.07) is 18.6. The summed E-state index contributed by atoms with van der Waals surface area (Å²) in [6.07, 6.45) is 2.32. The zero-order valence-corrected chi connectivity index (χ0v) is 17.2. The highest BCUT2D eigenvalue weighted by Crippen LogP contribution is 2.34. The third kappa shape index (κ3) is 3.55. The lowest BCUT2D eigenvalue weighted by Gasteiger charge is -2.38. The first-order chi connectivity index (χ1) is 14.6. The van der Waals surface area contributed by atoms with Crippen LogP contribution in [-0.2, 0) is 13.0 Å². The van der Waals surface area contributed by atoms with E-state index in [1.165, 1.54) is 22.9 Å². The van der Waals surface area contributed by atoms with Crippen molar-refractivity contribution in [1.29, 1.82) is 0 Å². The van der Waals surface area contributed by atoms with Crippen molar-refractivity contribution in [1.82, 2.24) is 9.88 Å². The minimum atomic E-state index is -0.921. The van der Waals surface area contributed by atoms with Crippen molar-refractivity contribution in [2.45, 2.75) is 19.0 Å². The standard InChI is InChI=1S/C24H22ClN3O2/c25-20-7-5-16(6-8-20)22-4-2-1-3-17(22)14-27-9-10-28-21(15-27)12-18-11-19(24(29)30)13-26-23(18)28/h1-8,11,13,21H,9-10,12,14-15H2,(H,29,30). The van der Waals surface area contributed by atoms with Gasteiger partial charge in [0, 0.05) is 43.4 Å². The molecule has 2 aliphatic heterocycles. The fourth-order valence-corrected chi connectivity index (χ4v) is 4.74. The fourth-order valence-electron chi connectivity index (χ4n) is 4.61. The molecule has 3 heterocycles. The minimum absolute atomic E-state index is 0.266. The van der Waals surface area contributed by atoms with Gasteiger partial charge in [-0.2, -0.15) is 0 Å². The van der Waals surface area contributed by atoms with E-state index in [9.17, 15) is 9.90 Å². The van der Waals surface area contributed by atoms with Crippen molar-refractivity contribution in [3.63, 3.8) is 0 Å². The first kappa shape index (κ1) is 19.1. The van der Waals surface area contributed by atoms with Crippen LogP contribution in [0.5, 0.6) is 0 Å². The molecule has 2 aromatic carbocycles. The molecule has 1 N–H and O–H groups in total. The molecular weight excluding hydrogens is 398 g/mol. The number of aromatic nitrogens is 1. The van der Waals surface area contributed by atoms with Crippen LogP contribution in [0.25, 0.3) is 11.1 Å². The summed E-state index contributed by atoms with van der Waals surface area (Å²) in [5, 5.41) is 9.99. The molecule has 0 bridgehead atoms. The van der Waals surface area contributed by atoms with Gasteiger partial charge in [-0.1, -0.05) is 48.0 Å². The number of aromatic carboxylic acids is 1.